The van der Waals surface area contributed by atoms with Crippen molar-refractivity contribution in [3.63, 3.8) is 0 Å². The molecule has 0 spiro atoms. The number of halogens is 1. The van der Waals surface area contributed by atoms with Crippen molar-refractivity contribution in [2.45, 2.75) is 6.04 Å². The van der Waals surface area contributed by atoms with Crippen LogP contribution in [0.15, 0.2) is 24.3 Å². The van der Waals surface area contributed by atoms with Crippen LogP contribution in [0.1, 0.15) is 0 Å². The van der Waals surface area contributed by atoms with Crippen molar-refractivity contribution in [2.75, 3.05) is 39.5 Å². The van der Waals surface area contributed by atoms with Crippen LogP contribution in [0.4, 0.5) is 4.39 Å². The molecule has 1 heterocycles. The first-order valence-electron chi connectivity index (χ1n) is 6.10. The number of hydrogen-bond donors (Lipinski definition) is 1. The van der Waals surface area contributed by atoms with Crippen molar-refractivity contribution >= 4 is 0 Å². The lowest BCUT2D eigenvalue weighted by atomic mass is 10.2. The number of hydrogen-bond acceptors (Lipinski definition) is 4. The highest BCUT2D eigenvalue weighted by atomic mass is 19.1. The fourth-order valence-corrected chi connectivity index (χ4v) is 1.96. The number of ether oxygens (including phenoxy) is 2. The summed E-state index contributed by atoms with van der Waals surface area (Å²) in [6, 6.07) is 6.02. The van der Waals surface area contributed by atoms with E-state index < -0.39 is 0 Å². The molecule has 100 valence electrons. The molecule has 1 aliphatic heterocycles. The molecule has 1 unspecified atom stereocenters. The zero-order chi connectivity index (χ0) is 12.8. The summed E-state index contributed by atoms with van der Waals surface area (Å²) in [5, 5.41) is 9.20. The van der Waals surface area contributed by atoms with Gasteiger partial charge in [0.2, 0.25) is 0 Å². The average molecular weight is 255 g/mol. The lowest BCUT2D eigenvalue weighted by Crippen LogP contribution is -2.48. The van der Waals surface area contributed by atoms with E-state index in [1.54, 1.807) is 12.1 Å². The number of nitrogens with zero attached hydrogens (tertiary/aromatic N) is 1. The van der Waals surface area contributed by atoms with Gasteiger partial charge in [0.1, 0.15) is 18.2 Å². The average Bonchev–Trinajstić information content (AvgIpc) is 2.41. The van der Waals surface area contributed by atoms with E-state index in [-0.39, 0.29) is 18.5 Å². The summed E-state index contributed by atoms with van der Waals surface area (Å²) >= 11 is 0. The first kappa shape index (κ1) is 13.3. The molecule has 5 heteroatoms. The molecule has 0 saturated carbocycles. The molecule has 1 aliphatic rings. The van der Waals surface area contributed by atoms with Gasteiger partial charge in [0.25, 0.3) is 0 Å². The molecule has 1 fully saturated rings. The third-order valence-corrected chi connectivity index (χ3v) is 3.02. The van der Waals surface area contributed by atoms with Crippen molar-refractivity contribution in [1.82, 2.24) is 4.90 Å². The van der Waals surface area contributed by atoms with Gasteiger partial charge in [-0.2, -0.15) is 0 Å². The van der Waals surface area contributed by atoms with Gasteiger partial charge in [-0.25, -0.2) is 4.39 Å². The van der Waals surface area contributed by atoms with Crippen LogP contribution >= 0.6 is 0 Å². The van der Waals surface area contributed by atoms with Crippen molar-refractivity contribution in [3.8, 4) is 5.75 Å². The molecule has 18 heavy (non-hydrogen) atoms. The summed E-state index contributed by atoms with van der Waals surface area (Å²) < 4.78 is 23.5. The van der Waals surface area contributed by atoms with Gasteiger partial charge in [-0.3, -0.25) is 4.90 Å². The quantitative estimate of drug-likeness (QED) is 0.848. The second-order valence-electron chi connectivity index (χ2n) is 4.25. The summed E-state index contributed by atoms with van der Waals surface area (Å²) in [5.41, 5.74) is 0. The molecule has 1 atom stereocenters. The Hall–Kier alpha value is -1.17. The molecular weight excluding hydrogens is 237 g/mol. The number of rotatable bonds is 5. The molecule has 0 amide bonds. The maximum atomic E-state index is 12.7. The Morgan fingerprint density at radius 3 is 2.89 bits per heavy atom. The lowest BCUT2D eigenvalue weighted by molar-refractivity contribution is -0.0312. The van der Waals surface area contributed by atoms with E-state index in [0.717, 1.165) is 13.1 Å². The van der Waals surface area contributed by atoms with Gasteiger partial charge in [-0.15, -0.1) is 0 Å². The fourth-order valence-electron chi connectivity index (χ4n) is 1.96. The number of aliphatic hydroxyl groups is 1. The van der Waals surface area contributed by atoms with Gasteiger partial charge in [-0.05, 0) is 24.3 Å². The lowest BCUT2D eigenvalue weighted by Gasteiger charge is -2.34. The molecule has 0 aromatic heterocycles. The Kier molecular flexibility index (Phi) is 4.92. The van der Waals surface area contributed by atoms with Gasteiger partial charge >= 0.3 is 0 Å². The Morgan fingerprint density at radius 2 is 2.17 bits per heavy atom. The predicted molar refractivity (Wildman–Crippen MR) is 65.2 cm³/mol. The third kappa shape index (κ3) is 3.66. The molecule has 1 N–H and O–H groups in total. The molecule has 0 bridgehead atoms. The Morgan fingerprint density at radius 1 is 1.39 bits per heavy atom. The minimum absolute atomic E-state index is 0.0515. The Balaban J connectivity index is 1.75. The Labute approximate surface area is 106 Å². The van der Waals surface area contributed by atoms with Crippen LogP contribution in [-0.2, 0) is 4.74 Å². The molecule has 1 aromatic carbocycles. The molecule has 0 radical (unpaired) electrons. The molecule has 0 aliphatic carbocycles. The first-order chi connectivity index (χ1) is 8.79. The van der Waals surface area contributed by atoms with Crippen LogP contribution in [0, 0.1) is 5.82 Å². The smallest absolute Gasteiger partial charge is 0.123 e. The van der Waals surface area contributed by atoms with Crippen LogP contribution in [-0.4, -0.2) is 55.6 Å². The summed E-state index contributed by atoms with van der Waals surface area (Å²) in [5.74, 6) is 0.390. The second kappa shape index (κ2) is 6.68. The van der Waals surface area contributed by atoms with E-state index in [4.69, 9.17) is 9.47 Å². The van der Waals surface area contributed by atoms with Crippen molar-refractivity contribution in [2.24, 2.45) is 0 Å². The highest BCUT2D eigenvalue weighted by Gasteiger charge is 2.21. The van der Waals surface area contributed by atoms with Crippen molar-refractivity contribution in [1.29, 1.82) is 0 Å². The highest BCUT2D eigenvalue weighted by Crippen LogP contribution is 2.11. The molecule has 4 nitrogen and oxygen atoms in total. The van der Waals surface area contributed by atoms with Crippen LogP contribution in [0.3, 0.4) is 0 Å². The van der Waals surface area contributed by atoms with Gasteiger partial charge in [-0.1, -0.05) is 0 Å². The summed E-state index contributed by atoms with van der Waals surface area (Å²) in [6.07, 6.45) is 0. The molecular formula is C13H18FNO3. The summed E-state index contributed by atoms with van der Waals surface area (Å²) in [6.45, 7) is 3.39. The molecule has 2 rings (SSSR count). The zero-order valence-corrected chi connectivity index (χ0v) is 10.2. The monoisotopic (exact) mass is 255 g/mol. The van der Waals surface area contributed by atoms with Crippen LogP contribution < -0.4 is 4.74 Å². The molecule has 1 aromatic rings. The van der Waals surface area contributed by atoms with Gasteiger partial charge in [0, 0.05) is 13.1 Å². The zero-order valence-electron chi connectivity index (χ0n) is 10.2. The van der Waals surface area contributed by atoms with Crippen LogP contribution in [0.25, 0.3) is 0 Å². The summed E-state index contributed by atoms with van der Waals surface area (Å²) in [4.78, 5) is 2.15. The standard InChI is InChI=1S/C13H18FNO3/c14-11-1-3-13(4-2-11)18-8-6-15-5-7-17-10-12(15)9-16/h1-4,12,16H,5-10H2. The first-order valence-corrected chi connectivity index (χ1v) is 6.10. The van der Waals surface area contributed by atoms with Crippen LogP contribution in [0.5, 0.6) is 5.75 Å². The largest absolute Gasteiger partial charge is 0.492 e. The second-order valence-corrected chi connectivity index (χ2v) is 4.25. The minimum Gasteiger partial charge on any atom is -0.492 e. The van der Waals surface area contributed by atoms with Gasteiger partial charge in [0.15, 0.2) is 0 Å². The minimum atomic E-state index is -0.268. The SMILES string of the molecule is OCC1COCCN1CCOc1ccc(F)cc1. The number of benzene rings is 1. The van der Waals surface area contributed by atoms with E-state index in [0.29, 0.717) is 25.6 Å². The Bertz CT molecular complexity index is 358. The van der Waals surface area contributed by atoms with Crippen molar-refractivity contribution < 1.29 is 19.0 Å². The molecule has 1 saturated heterocycles. The van der Waals surface area contributed by atoms with E-state index in [1.165, 1.54) is 12.1 Å². The number of aliphatic hydroxyl groups excluding tert-OH is 1. The predicted octanol–water partition coefficient (Wildman–Crippen LogP) is 0.898. The van der Waals surface area contributed by atoms with E-state index in [1.807, 2.05) is 0 Å². The van der Waals surface area contributed by atoms with E-state index in [2.05, 4.69) is 4.90 Å². The normalized spacial score (nSPS) is 20.9. The maximum absolute atomic E-state index is 12.7. The van der Waals surface area contributed by atoms with Gasteiger partial charge in [0.05, 0.1) is 25.9 Å². The topological polar surface area (TPSA) is 41.9 Å². The summed E-state index contributed by atoms with van der Waals surface area (Å²) in [7, 11) is 0. The van der Waals surface area contributed by atoms with E-state index in [9.17, 15) is 9.50 Å². The van der Waals surface area contributed by atoms with Gasteiger partial charge < -0.3 is 14.6 Å². The number of morpholine rings is 1. The maximum Gasteiger partial charge on any atom is 0.123 e. The van der Waals surface area contributed by atoms with Crippen molar-refractivity contribution in [3.05, 3.63) is 30.1 Å². The van der Waals surface area contributed by atoms with E-state index >= 15 is 0 Å². The third-order valence-electron chi connectivity index (χ3n) is 3.02. The highest BCUT2D eigenvalue weighted by molar-refractivity contribution is 5.21. The fraction of sp³-hybridized carbons (Fsp3) is 0.538. The van der Waals surface area contributed by atoms with Crippen LogP contribution in [0.2, 0.25) is 0 Å².